The number of halogens is 1. The minimum atomic E-state index is -0.0186. The highest BCUT2D eigenvalue weighted by Gasteiger charge is 2.10. The number of hydrogen-bond donors (Lipinski definition) is 1. The third-order valence-corrected chi connectivity index (χ3v) is 4.49. The molecule has 0 aliphatic rings. The van der Waals surface area contributed by atoms with Gasteiger partial charge in [0.05, 0.1) is 17.1 Å². The van der Waals surface area contributed by atoms with E-state index in [4.69, 9.17) is 16.3 Å². The van der Waals surface area contributed by atoms with Crippen LogP contribution >= 0.6 is 22.9 Å². The van der Waals surface area contributed by atoms with Crippen LogP contribution in [0.3, 0.4) is 0 Å². The number of ether oxygens (including phenoxy) is 1. The Hall–Kier alpha value is -1.43. The average Bonchev–Trinajstić information content (AvgIpc) is 2.99. The van der Waals surface area contributed by atoms with E-state index in [1.54, 1.807) is 0 Å². The van der Waals surface area contributed by atoms with Crippen LogP contribution in [0.15, 0.2) is 29.6 Å². The van der Waals surface area contributed by atoms with Crippen molar-refractivity contribution in [2.75, 3.05) is 19.8 Å². The minimum absolute atomic E-state index is 0.0186. The van der Waals surface area contributed by atoms with Crippen molar-refractivity contribution in [3.8, 4) is 10.6 Å². The number of aromatic nitrogens is 1. The molecule has 0 spiro atoms. The van der Waals surface area contributed by atoms with Crippen LogP contribution in [-0.4, -0.2) is 30.6 Å². The number of carbonyl (C=O) groups is 1. The highest BCUT2D eigenvalue weighted by molar-refractivity contribution is 7.13. The Bertz CT molecular complexity index is 658. The van der Waals surface area contributed by atoms with E-state index in [-0.39, 0.29) is 12.3 Å². The predicted octanol–water partition coefficient (Wildman–Crippen LogP) is 4.18. The van der Waals surface area contributed by atoms with Crippen LogP contribution in [0.1, 0.15) is 26.0 Å². The summed E-state index contributed by atoms with van der Waals surface area (Å²) in [5, 5.41) is 6.32. The van der Waals surface area contributed by atoms with E-state index in [2.05, 4.69) is 24.1 Å². The van der Waals surface area contributed by atoms with Gasteiger partial charge >= 0.3 is 0 Å². The number of thiazole rings is 1. The molecule has 1 aromatic carbocycles. The summed E-state index contributed by atoms with van der Waals surface area (Å²) in [7, 11) is 0. The van der Waals surface area contributed by atoms with Crippen molar-refractivity contribution in [2.24, 2.45) is 5.92 Å². The van der Waals surface area contributed by atoms with Crippen molar-refractivity contribution in [1.82, 2.24) is 10.3 Å². The number of rotatable bonds is 9. The molecule has 6 heteroatoms. The Morgan fingerprint density at radius 1 is 1.38 bits per heavy atom. The number of nitrogens with zero attached hydrogens (tertiary/aromatic N) is 1. The standard InChI is InChI=1S/C18H23ClN2O2S/c1-13(2)11-23-9-5-8-20-17(22)10-14-12-24-18(21-14)15-6-3-4-7-16(15)19/h3-4,6-7,12-13H,5,8-11H2,1-2H3,(H,20,22). The lowest BCUT2D eigenvalue weighted by atomic mass is 10.2. The van der Waals surface area contributed by atoms with E-state index in [9.17, 15) is 4.79 Å². The van der Waals surface area contributed by atoms with Gasteiger partial charge in [-0.1, -0.05) is 43.6 Å². The molecule has 0 unspecified atom stereocenters. The van der Waals surface area contributed by atoms with E-state index < -0.39 is 0 Å². The largest absolute Gasteiger partial charge is 0.381 e. The molecule has 2 aromatic rings. The zero-order chi connectivity index (χ0) is 17.4. The maximum absolute atomic E-state index is 12.0. The normalized spacial score (nSPS) is 11.0. The molecule has 0 fully saturated rings. The molecule has 24 heavy (non-hydrogen) atoms. The smallest absolute Gasteiger partial charge is 0.226 e. The molecule has 0 radical (unpaired) electrons. The van der Waals surface area contributed by atoms with Gasteiger partial charge in [-0.25, -0.2) is 4.98 Å². The molecular formula is C18H23ClN2O2S. The molecule has 1 aromatic heterocycles. The lowest BCUT2D eigenvalue weighted by molar-refractivity contribution is -0.120. The summed E-state index contributed by atoms with van der Waals surface area (Å²) in [6.07, 6.45) is 1.11. The van der Waals surface area contributed by atoms with E-state index in [1.807, 2.05) is 29.6 Å². The number of amides is 1. The highest BCUT2D eigenvalue weighted by atomic mass is 35.5. The molecule has 130 valence electrons. The van der Waals surface area contributed by atoms with Gasteiger partial charge in [0, 0.05) is 30.7 Å². The van der Waals surface area contributed by atoms with Crippen molar-refractivity contribution in [3.05, 3.63) is 40.4 Å². The zero-order valence-corrected chi connectivity index (χ0v) is 15.6. The average molecular weight is 367 g/mol. The third kappa shape index (κ3) is 6.23. The molecule has 2 rings (SSSR count). The van der Waals surface area contributed by atoms with Gasteiger partial charge in [0.15, 0.2) is 0 Å². The summed E-state index contributed by atoms with van der Waals surface area (Å²) in [6, 6.07) is 7.59. The van der Waals surface area contributed by atoms with Crippen LogP contribution in [0.4, 0.5) is 0 Å². The monoisotopic (exact) mass is 366 g/mol. The lowest BCUT2D eigenvalue weighted by Gasteiger charge is -2.07. The van der Waals surface area contributed by atoms with Crippen LogP contribution < -0.4 is 5.32 Å². The summed E-state index contributed by atoms with van der Waals surface area (Å²) in [5.41, 5.74) is 1.67. The van der Waals surface area contributed by atoms with Crippen LogP contribution in [-0.2, 0) is 16.0 Å². The third-order valence-electron chi connectivity index (χ3n) is 3.24. The summed E-state index contributed by atoms with van der Waals surface area (Å²) < 4.78 is 5.48. The van der Waals surface area contributed by atoms with E-state index in [1.165, 1.54) is 11.3 Å². The molecule has 4 nitrogen and oxygen atoms in total. The molecule has 0 atom stereocenters. The molecule has 0 bridgehead atoms. The molecule has 0 aliphatic heterocycles. The summed E-state index contributed by atoms with van der Waals surface area (Å²) in [6.45, 7) is 6.29. The molecule has 1 heterocycles. The van der Waals surface area contributed by atoms with Crippen LogP contribution in [0, 0.1) is 5.92 Å². The second-order valence-corrected chi connectivity index (χ2v) is 7.24. The van der Waals surface area contributed by atoms with Crippen LogP contribution in [0.2, 0.25) is 5.02 Å². The summed E-state index contributed by atoms with van der Waals surface area (Å²) in [4.78, 5) is 16.5. The van der Waals surface area contributed by atoms with E-state index in [0.29, 0.717) is 24.1 Å². The van der Waals surface area contributed by atoms with Gasteiger partial charge in [0.2, 0.25) is 5.91 Å². The number of carbonyl (C=O) groups excluding carboxylic acids is 1. The Morgan fingerprint density at radius 2 is 2.17 bits per heavy atom. The Morgan fingerprint density at radius 3 is 2.92 bits per heavy atom. The fourth-order valence-corrected chi connectivity index (χ4v) is 3.23. The van der Waals surface area contributed by atoms with Gasteiger partial charge in [0.25, 0.3) is 0 Å². The first-order chi connectivity index (χ1) is 11.6. The first kappa shape index (κ1) is 18.9. The molecule has 1 N–H and O–H groups in total. The predicted molar refractivity (Wildman–Crippen MR) is 99.5 cm³/mol. The summed E-state index contributed by atoms with van der Waals surface area (Å²) >= 11 is 7.68. The van der Waals surface area contributed by atoms with E-state index in [0.717, 1.165) is 29.3 Å². The first-order valence-corrected chi connectivity index (χ1v) is 9.35. The van der Waals surface area contributed by atoms with Crippen molar-refractivity contribution >= 4 is 28.8 Å². The number of nitrogens with one attached hydrogen (secondary N) is 1. The SMILES string of the molecule is CC(C)COCCCNC(=O)Cc1csc(-c2ccccc2Cl)n1. The second-order valence-electron chi connectivity index (χ2n) is 5.97. The quantitative estimate of drug-likeness (QED) is 0.677. The van der Waals surface area contributed by atoms with Crippen molar-refractivity contribution < 1.29 is 9.53 Å². The number of hydrogen-bond acceptors (Lipinski definition) is 4. The Balaban J connectivity index is 1.74. The van der Waals surface area contributed by atoms with Crippen molar-refractivity contribution in [3.63, 3.8) is 0 Å². The fourth-order valence-electron chi connectivity index (χ4n) is 2.09. The molecule has 0 saturated heterocycles. The summed E-state index contributed by atoms with van der Waals surface area (Å²) in [5.74, 6) is 0.520. The van der Waals surface area contributed by atoms with E-state index >= 15 is 0 Å². The molecular weight excluding hydrogens is 344 g/mol. The fraction of sp³-hybridized carbons (Fsp3) is 0.444. The first-order valence-electron chi connectivity index (χ1n) is 8.10. The van der Waals surface area contributed by atoms with Crippen LogP contribution in [0.25, 0.3) is 10.6 Å². The topological polar surface area (TPSA) is 51.2 Å². The maximum Gasteiger partial charge on any atom is 0.226 e. The minimum Gasteiger partial charge on any atom is -0.381 e. The Kier molecular flexibility index (Phi) is 7.69. The van der Waals surface area contributed by atoms with Gasteiger partial charge in [0.1, 0.15) is 5.01 Å². The molecule has 0 saturated carbocycles. The Labute approximate surface area is 152 Å². The van der Waals surface area contributed by atoms with Gasteiger partial charge in [-0.2, -0.15) is 0 Å². The lowest BCUT2D eigenvalue weighted by Crippen LogP contribution is -2.27. The molecule has 1 amide bonds. The van der Waals surface area contributed by atoms with Gasteiger partial charge in [-0.15, -0.1) is 11.3 Å². The van der Waals surface area contributed by atoms with Gasteiger partial charge in [-0.05, 0) is 18.4 Å². The van der Waals surface area contributed by atoms with Crippen molar-refractivity contribution in [1.29, 1.82) is 0 Å². The highest BCUT2D eigenvalue weighted by Crippen LogP contribution is 2.30. The van der Waals surface area contributed by atoms with Gasteiger partial charge in [-0.3, -0.25) is 4.79 Å². The van der Waals surface area contributed by atoms with Crippen molar-refractivity contribution in [2.45, 2.75) is 26.7 Å². The number of benzene rings is 1. The van der Waals surface area contributed by atoms with Crippen LogP contribution in [0.5, 0.6) is 0 Å². The molecule has 0 aliphatic carbocycles. The zero-order valence-electron chi connectivity index (χ0n) is 14.0. The van der Waals surface area contributed by atoms with Gasteiger partial charge < -0.3 is 10.1 Å². The maximum atomic E-state index is 12.0. The second kappa shape index (κ2) is 9.77.